The number of unbranched alkanes of at least 4 members (excludes halogenated alkanes) is 1. The summed E-state index contributed by atoms with van der Waals surface area (Å²) in [4.78, 5) is 28.5. The van der Waals surface area contributed by atoms with Gasteiger partial charge in [-0.3, -0.25) is 4.98 Å². The molecule has 0 fully saturated rings. The smallest absolute Gasteiger partial charge is 0.347 e. The second kappa shape index (κ2) is 10.5. The van der Waals surface area contributed by atoms with Gasteiger partial charge in [0.2, 0.25) is 0 Å². The minimum absolute atomic E-state index is 0.343. The predicted molar refractivity (Wildman–Crippen MR) is 104 cm³/mol. The lowest BCUT2D eigenvalue weighted by atomic mass is 10.1. The number of carbonyl (C=O) groups excluding carboxylic acids is 2. The maximum absolute atomic E-state index is 12.2. The molecule has 0 aliphatic rings. The molecule has 0 N–H and O–H groups in total. The highest BCUT2D eigenvalue weighted by Crippen LogP contribution is 2.19. The molecule has 27 heavy (non-hydrogen) atoms. The fourth-order valence-corrected chi connectivity index (χ4v) is 2.52. The Morgan fingerprint density at radius 2 is 1.78 bits per heavy atom. The lowest BCUT2D eigenvalue weighted by molar-refractivity contribution is -0.153. The lowest BCUT2D eigenvalue weighted by Crippen LogP contribution is -2.26. The SMILES string of the molecule is CCCCOC(=O)[C@H](C)OC(=O)c1ccc(-c2ccc(CCC)cn2)cc1. The Hall–Kier alpha value is -2.69. The topological polar surface area (TPSA) is 65.5 Å². The van der Waals surface area contributed by atoms with Crippen LogP contribution >= 0.6 is 0 Å². The summed E-state index contributed by atoms with van der Waals surface area (Å²) in [5.74, 6) is -1.07. The van der Waals surface area contributed by atoms with Crippen LogP contribution in [0.5, 0.6) is 0 Å². The molecule has 5 heteroatoms. The zero-order chi connectivity index (χ0) is 19.6. The summed E-state index contributed by atoms with van der Waals surface area (Å²) in [5, 5.41) is 0. The molecule has 0 spiro atoms. The molecule has 0 radical (unpaired) electrons. The van der Waals surface area contributed by atoms with Gasteiger partial charge in [-0.15, -0.1) is 0 Å². The van der Waals surface area contributed by atoms with E-state index in [4.69, 9.17) is 9.47 Å². The van der Waals surface area contributed by atoms with Crippen LogP contribution in [-0.4, -0.2) is 29.6 Å². The molecule has 0 saturated carbocycles. The molecule has 0 aliphatic carbocycles. The minimum Gasteiger partial charge on any atom is -0.463 e. The molecule has 2 rings (SSSR count). The Bertz CT molecular complexity index is 738. The van der Waals surface area contributed by atoms with E-state index in [0.717, 1.165) is 36.9 Å². The standard InChI is InChI=1S/C22H27NO4/c1-4-6-14-26-21(24)16(3)27-22(25)19-11-9-18(10-12-19)20-13-8-17(7-5-2)15-23-20/h8-13,15-16H,4-7,14H2,1-3H3/t16-/m0/s1. The molecule has 0 amide bonds. The Morgan fingerprint density at radius 3 is 2.37 bits per heavy atom. The van der Waals surface area contributed by atoms with Gasteiger partial charge >= 0.3 is 11.9 Å². The molecule has 0 saturated heterocycles. The highest BCUT2D eigenvalue weighted by molar-refractivity contribution is 5.91. The first kappa shape index (κ1) is 20.6. The molecule has 1 aromatic heterocycles. The largest absolute Gasteiger partial charge is 0.463 e. The molecule has 0 unspecified atom stereocenters. The fraction of sp³-hybridized carbons (Fsp3) is 0.409. The van der Waals surface area contributed by atoms with Crippen LogP contribution in [-0.2, 0) is 20.7 Å². The van der Waals surface area contributed by atoms with Gasteiger partial charge in [-0.1, -0.05) is 44.9 Å². The van der Waals surface area contributed by atoms with Crippen LogP contribution in [0, 0.1) is 0 Å². The molecule has 144 valence electrons. The van der Waals surface area contributed by atoms with Crippen molar-refractivity contribution in [2.45, 2.75) is 52.6 Å². The first-order valence-electron chi connectivity index (χ1n) is 9.48. The number of rotatable bonds is 9. The second-order valence-corrected chi connectivity index (χ2v) is 6.45. The number of nitrogens with zero attached hydrogens (tertiary/aromatic N) is 1. The van der Waals surface area contributed by atoms with Crippen molar-refractivity contribution >= 4 is 11.9 Å². The van der Waals surface area contributed by atoms with Crippen LogP contribution < -0.4 is 0 Å². The van der Waals surface area contributed by atoms with Crippen molar-refractivity contribution in [3.05, 3.63) is 53.7 Å². The minimum atomic E-state index is -0.929. The molecule has 0 aliphatic heterocycles. The van der Waals surface area contributed by atoms with Gasteiger partial charge in [0.25, 0.3) is 0 Å². The van der Waals surface area contributed by atoms with Crippen molar-refractivity contribution in [3.8, 4) is 11.3 Å². The molecule has 1 aromatic carbocycles. The number of carbonyl (C=O) groups is 2. The van der Waals surface area contributed by atoms with E-state index in [1.54, 1.807) is 12.1 Å². The van der Waals surface area contributed by atoms with Crippen molar-refractivity contribution in [2.24, 2.45) is 0 Å². The third-order valence-corrected chi connectivity index (χ3v) is 4.14. The molecule has 1 heterocycles. The molecule has 2 aromatic rings. The molecule has 1 atom stereocenters. The Morgan fingerprint density at radius 1 is 1.04 bits per heavy atom. The average Bonchev–Trinajstić information content (AvgIpc) is 2.69. The quantitative estimate of drug-likeness (QED) is 0.478. The van der Waals surface area contributed by atoms with Crippen molar-refractivity contribution in [3.63, 3.8) is 0 Å². The van der Waals surface area contributed by atoms with Crippen LogP contribution in [0.4, 0.5) is 0 Å². The monoisotopic (exact) mass is 369 g/mol. The van der Waals surface area contributed by atoms with Crippen LogP contribution in [0.25, 0.3) is 11.3 Å². The van der Waals surface area contributed by atoms with Gasteiger partial charge < -0.3 is 9.47 Å². The summed E-state index contributed by atoms with van der Waals surface area (Å²) in [6, 6.07) is 11.0. The van der Waals surface area contributed by atoms with Gasteiger partial charge in [0, 0.05) is 11.8 Å². The lowest BCUT2D eigenvalue weighted by Gasteiger charge is -2.13. The number of pyridine rings is 1. The summed E-state index contributed by atoms with van der Waals surface area (Å²) >= 11 is 0. The van der Waals surface area contributed by atoms with E-state index in [0.29, 0.717) is 12.2 Å². The number of aryl methyl sites for hydroxylation is 1. The van der Waals surface area contributed by atoms with Gasteiger partial charge in [0.05, 0.1) is 17.9 Å². The fourth-order valence-electron chi connectivity index (χ4n) is 2.52. The number of esters is 2. The van der Waals surface area contributed by atoms with Crippen LogP contribution in [0.2, 0.25) is 0 Å². The molecular weight excluding hydrogens is 342 g/mol. The zero-order valence-electron chi connectivity index (χ0n) is 16.2. The molecular formula is C22H27NO4. The van der Waals surface area contributed by atoms with Gasteiger partial charge in [-0.2, -0.15) is 0 Å². The summed E-state index contributed by atoms with van der Waals surface area (Å²) in [6.45, 7) is 6.01. The van der Waals surface area contributed by atoms with Crippen molar-refractivity contribution in [1.29, 1.82) is 0 Å². The number of hydrogen-bond acceptors (Lipinski definition) is 5. The molecule has 0 bridgehead atoms. The van der Waals surface area contributed by atoms with Crippen LogP contribution in [0.3, 0.4) is 0 Å². The van der Waals surface area contributed by atoms with Gasteiger partial charge in [-0.25, -0.2) is 9.59 Å². The third kappa shape index (κ3) is 6.20. The maximum atomic E-state index is 12.2. The Labute approximate surface area is 160 Å². The number of hydrogen-bond donors (Lipinski definition) is 0. The van der Waals surface area contributed by atoms with Crippen LogP contribution in [0.15, 0.2) is 42.6 Å². The van der Waals surface area contributed by atoms with Gasteiger partial charge in [0.1, 0.15) is 0 Å². The van der Waals surface area contributed by atoms with Crippen molar-refractivity contribution < 1.29 is 19.1 Å². The highest BCUT2D eigenvalue weighted by Gasteiger charge is 2.20. The van der Waals surface area contributed by atoms with Crippen LogP contribution in [0.1, 0.15) is 56.0 Å². The average molecular weight is 369 g/mol. The van der Waals surface area contributed by atoms with E-state index in [1.807, 2.05) is 31.3 Å². The van der Waals surface area contributed by atoms with Crippen molar-refractivity contribution in [2.75, 3.05) is 6.61 Å². The maximum Gasteiger partial charge on any atom is 0.347 e. The first-order valence-corrected chi connectivity index (χ1v) is 9.48. The van der Waals surface area contributed by atoms with E-state index in [-0.39, 0.29) is 0 Å². The summed E-state index contributed by atoms with van der Waals surface area (Å²) in [6.07, 6.45) is 4.78. The Balaban J connectivity index is 1.95. The number of aromatic nitrogens is 1. The predicted octanol–water partition coefficient (Wildman–Crippen LogP) is 4.59. The highest BCUT2D eigenvalue weighted by atomic mass is 16.6. The van der Waals surface area contributed by atoms with E-state index < -0.39 is 18.0 Å². The number of ether oxygens (including phenoxy) is 2. The van der Waals surface area contributed by atoms with Crippen molar-refractivity contribution in [1.82, 2.24) is 4.98 Å². The van der Waals surface area contributed by atoms with E-state index in [1.165, 1.54) is 12.5 Å². The normalized spacial score (nSPS) is 11.7. The second-order valence-electron chi connectivity index (χ2n) is 6.45. The number of benzene rings is 1. The zero-order valence-corrected chi connectivity index (χ0v) is 16.2. The summed E-state index contributed by atoms with van der Waals surface area (Å²) in [5.41, 5.74) is 3.36. The van der Waals surface area contributed by atoms with E-state index >= 15 is 0 Å². The third-order valence-electron chi connectivity index (χ3n) is 4.14. The summed E-state index contributed by atoms with van der Waals surface area (Å²) in [7, 11) is 0. The molecule has 5 nitrogen and oxygen atoms in total. The van der Waals surface area contributed by atoms with Gasteiger partial charge in [-0.05, 0) is 43.5 Å². The van der Waals surface area contributed by atoms with E-state index in [2.05, 4.69) is 18.0 Å². The summed E-state index contributed by atoms with van der Waals surface area (Å²) < 4.78 is 10.2. The first-order chi connectivity index (χ1) is 13.0. The van der Waals surface area contributed by atoms with E-state index in [9.17, 15) is 9.59 Å². The Kier molecular flexibility index (Phi) is 7.99. The van der Waals surface area contributed by atoms with Gasteiger partial charge in [0.15, 0.2) is 6.10 Å².